The van der Waals surface area contributed by atoms with E-state index < -0.39 is 11.6 Å². The van der Waals surface area contributed by atoms with Crippen LogP contribution < -0.4 is 10.6 Å². The van der Waals surface area contributed by atoms with Crippen LogP contribution in [0.4, 0.5) is 8.78 Å². The fourth-order valence-corrected chi connectivity index (χ4v) is 3.44. The summed E-state index contributed by atoms with van der Waals surface area (Å²) in [5.74, 6) is -0.189. The van der Waals surface area contributed by atoms with Crippen molar-refractivity contribution in [1.82, 2.24) is 10.6 Å². The first-order chi connectivity index (χ1) is 15.1. The van der Waals surface area contributed by atoms with Gasteiger partial charge in [-0.15, -0.1) is 0 Å². The van der Waals surface area contributed by atoms with Crippen LogP contribution in [0.5, 0.6) is 0 Å². The van der Waals surface area contributed by atoms with Gasteiger partial charge in [0.1, 0.15) is 11.6 Å². The molecular weight excluding hydrogens is 400 g/mol. The standard InChI is InChI=1S/C24H31F2N3O2/c1-2-27-24(28-11-8-20-15-21(25)6-7-23(20)26)29-16-18-4-3-5-19(14-18)17-31-22-9-12-30-13-10-22/h3-7,14-15,22H,2,8-13,16-17H2,1H3,(H2,27,28,29). The number of guanidine groups is 1. The summed E-state index contributed by atoms with van der Waals surface area (Å²) < 4.78 is 38.5. The molecule has 1 aliphatic heterocycles. The van der Waals surface area contributed by atoms with E-state index in [1.165, 1.54) is 6.07 Å². The Morgan fingerprint density at radius 3 is 2.71 bits per heavy atom. The molecule has 5 nitrogen and oxygen atoms in total. The lowest BCUT2D eigenvalue weighted by atomic mass is 10.1. The van der Waals surface area contributed by atoms with Gasteiger partial charge in [0.2, 0.25) is 0 Å². The smallest absolute Gasteiger partial charge is 0.191 e. The van der Waals surface area contributed by atoms with Gasteiger partial charge in [-0.3, -0.25) is 0 Å². The lowest BCUT2D eigenvalue weighted by Crippen LogP contribution is -2.38. The maximum absolute atomic E-state index is 13.8. The molecule has 0 aromatic heterocycles. The first kappa shape index (κ1) is 23.2. The van der Waals surface area contributed by atoms with E-state index >= 15 is 0 Å². The zero-order valence-corrected chi connectivity index (χ0v) is 18.0. The minimum atomic E-state index is -0.433. The van der Waals surface area contributed by atoms with Crippen molar-refractivity contribution in [1.29, 1.82) is 0 Å². The number of ether oxygens (including phenoxy) is 2. The number of hydrogen-bond acceptors (Lipinski definition) is 3. The fraction of sp³-hybridized carbons (Fsp3) is 0.458. The van der Waals surface area contributed by atoms with E-state index in [-0.39, 0.29) is 6.10 Å². The minimum absolute atomic E-state index is 0.267. The van der Waals surface area contributed by atoms with Crippen LogP contribution in [0.1, 0.15) is 36.5 Å². The molecule has 0 atom stereocenters. The summed E-state index contributed by atoms with van der Waals surface area (Å²) in [5.41, 5.74) is 2.56. The molecule has 0 saturated carbocycles. The number of rotatable bonds is 9. The molecule has 1 fully saturated rings. The number of nitrogens with zero attached hydrogens (tertiary/aromatic N) is 1. The van der Waals surface area contributed by atoms with Crippen molar-refractivity contribution in [3.63, 3.8) is 0 Å². The molecule has 0 radical (unpaired) electrons. The van der Waals surface area contributed by atoms with Crippen molar-refractivity contribution < 1.29 is 18.3 Å². The van der Waals surface area contributed by atoms with Crippen LogP contribution in [-0.2, 0) is 29.0 Å². The highest BCUT2D eigenvalue weighted by Gasteiger charge is 2.14. The zero-order valence-electron chi connectivity index (χ0n) is 18.0. The summed E-state index contributed by atoms with van der Waals surface area (Å²) in [5, 5.41) is 6.36. The van der Waals surface area contributed by atoms with E-state index in [9.17, 15) is 8.78 Å². The Kier molecular flexibility index (Phi) is 9.24. The van der Waals surface area contributed by atoms with Gasteiger partial charge in [0.25, 0.3) is 0 Å². The van der Waals surface area contributed by atoms with Crippen molar-refractivity contribution >= 4 is 5.96 Å². The van der Waals surface area contributed by atoms with Gasteiger partial charge in [-0.2, -0.15) is 0 Å². The Balaban J connectivity index is 1.51. The van der Waals surface area contributed by atoms with Gasteiger partial charge in [0.15, 0.2) is 5.96 Å². The van der Waals surface area contributed by atoms with Crippen LogP contribution >= 0.6 is 0 Å². The molecule has 168 valence electrons. The van der Waals surface area contributed by atoms with E-state index in [1.807, 2.05) is 19.1 Å². The van der Waals surface area contributed by atoms with Gasteiger partial charge in [0, 0.05) is 26.3 Å². The monoisotopic (exact) mass is 431 g/mol. The van der Waals surface area contributed by atoms with Crippen molar-refractivity contribution in [3.8, 4) is 0 Å². The summed E-state index contributed by atoms with van der Waals surface area (Å²) in [4.78, 5) is 4.62. The molecular formula is C24H31F2N3O2. The fourth-order valence-electron chi connectivity index (χ4n) is 3.44. The topological polar surface area (TPSA) is 54.9 Å². The van der Waals surface area contributed by atoms with Crippen molar-refractivity contribution in [2.75, 3.05) is 26.3 Å². The predicted molar refractivity (Wildman–Crippen MR) is 118 cm³/mol. The van der Waals surface area contributed by atoms with Gasteiger partial charge in [-0.1, -0.05) is 24.3 Å². The van der Waals surface area contributed by atoms with E-state index in [4.69, 9.17) is 9.47 Å². The van der Waals surface area contributed by atoms with E-state index in [0.717, 1.165) is 49.3 Å². The lowest BCUT2D eigenvalue weighted by Gasteiger charge is -2.22. The molecule has 0 unspecified atom stereocenters. The summed E-state index contributed by atoms with van der Waals surface area (Å²) in [6.45, 7) is 5.77. The van der Waals surface area contributed by atoms with Crippen LogP contribution in [0.15, 0.2) is 47.5 Å². The maximum atomic E-state index is 13.8. The SMILES string of the molecule is CCNC(=NCc1cccc(COC2CCOCC2)c1)NCCc1cc(F)ccc1F. The number of nitrogens with one attached hydrogen (secondary N) is 2. The van der Waals surface area contributed by atoms with Crippen LogP contribution in [0, 0.1) is 11.6 Å². The number of halogens is 2. The number of benzene rings is 2. The minimum Gasteiger partial charge on any atom is -0.381 e. The average Bonchev–Trinajstić information content (AvgIpc) is 2.79. The molecule has 0 amide bonds. The molecule has 1 aliphatic rings. The normalized spacial score (nSPS) is 15.1. The van der Waals surface area contributed by atoms with Crippen molar-refractivity contribution in [2.24, 2.45) is 4.99 Å². The highest BCUT2D eigenvalue weighted by Crippen LogP contribution is 2.15. The third-order valence-corrected chi connectivity index (χ3v) is 5.10. The van der Waals surface area contributed by atoms with Gasteiger partial charge >= 0.3 is 0 Å². The zero-order chi connectivity index (χ0) is 21.9. The molecule has 2 N–H and O–H groups in total. The second kappa shape index (κ2) is 12.4. The van der Waals surface area contributed by atoms with E-state index in [0.29, 0.717) is 44.2 Å². The van der Waals surface area contributed by atoms with Crippen LogP contribution in [-0.4, -0.2) is 38.4 Å². The largest absolute Gasteiger partial charge is 0.381 e. The Morgan fingerprint density at radius 2 is 1.90 bits per heavy atom. The van der Waals surface area contributed by atoms with Gasteiger partial charge < -0.3 is 20.1 Å². The van der Waals surface area contributed by atoms with E-state index in [2.05, 4.69) is 27.8 Å². The molecule has 0 spiro atoms. The van der Waals surface area contributed by atoms with Gasteiger partial charge in [-0.05, 0) is 61.1 Å². The highest BCUT2D eigenvalue weighted by molar-refractivity contribution is 5.79. The Morgan fingerprint density at radius 1 is 1.10 bits per heavy atom. The number of hydrogen-bond donors (Lipinski definition) is 2. The average molecular weight is 432 g/mol. The third-order valence-electron chi connectivity index (χ3n) is 5.10. The molecule has 2 aromatic rings. The summed E-state index contributed by atoms with van der Waals surface area (Å²) in [6, 6.07) is 11.7. The second-order valence-corrected chi connectivity index (χ2v) is 7.55. The Hall–Kier alpha value is -2.51. The Bertz CT molecular complexity index is 854. The number of aliphatic imine (C=N–C) groups is 1. The summed E-state index contributed by atoms with van der Waals surface area (Å²) >= 11 is 0. The molecule has 7 heteroatoms. The summed E-state index contributed by atoms with van der Waals surface area (Å²) in [7, 11) is 0. The van der Waals surface area contributed by atoms with Crippen molar-refractivity contribution in [2.45, 2.75) is 45.4 Å². The predicted octanol–water partition coefficient (Wildman–Crippen LogP) is 3.96. The first-order valence-corrected chi connectivity index (χ1v) is 10.9. The molecule has 31 heavy (non-hydrogen) atoms. The summed E-state index contributed by atoms with van der Waals surface area (Å²) in [6.07, 6.45) is 2.53. The maximum Gasteiger partial charge on any atom is 0.191 e. The van der Waals surface area contributed by atoms with Crippen LogP contribution in [0.3, 0.4) is 0 Å². The first-order valence-electron chi connectivity index (χ1n) is 10.9. The Labute approximate surface area is 182 Å². The van der Waals surface area contributed by atoms with Crippen LogP contribution in [0.2, 0.25) is 0 Å². The lowest BCUT2D eigenvalue weighted by molar-refractivity contribution is -0.0390. The molecule has 3 rings (SSSR count). The van der Waals surface area contributed by atoms with E-state index in [1.54, 1.807) is 0 Å². The second-order valence-electron chi connectivity index (χ2n) is 7.55. The quantitative estimate of drug-likeness (QED) is 0.466. The van der Waals surface area contributed by atoms with Crippen LogP contribution in [0.25, 0.3) is 0 Å². The van der Waals surface area contributed by atoms with Gasteiger partial charge in [-0.25, -0.2) is 13.8 Å². The molecule has 1 saturated heterocycles. The highest BCUT2D eigenvalue weighted by atomic mass is 19.1. The molecule has 1 heterocycles. The van der Waals surface area contributed by atoms with Crippen molar-refractivity contribution in [3.05, 3.63) is 70.8 Å². The molecule has 2 aromatic carbocycles. The molecule has 0 bridgehead atoms. The van der Waals surface area contributed by atoms with Gasteiger partial charge in [0.05, 0.1) is 19.3 Å². The third kappa shape index (κ3) is 7.92. The molecule has 0 aliphatic carbocycles.